The highest BCUT2D eigenvalue weighted by molar-refractivity contribution is 7.80. The van der Waals surface area contributed by atoms with Gasteiger partial charge in [0, 0.05) is 24.3 Å². The van der Waals surface area contributed by atoms with Crippen molar-refractivity contribution in [3.8, 4) is 0 Å². The Balaban J connectivity index is 2.24. The molecule has 2 rings (SSSR count). The van der Waals surface area contributed by atoms with Gasteiger partial charge in [0.1, 0.15) is 10.8 Å². The number of nitrogens with two attached hydrogens (primary N) is 1. The molecule has 0 bridgehead atoms. The van der Waals surface area contributed by atoms with Crippen molar-refractivity contribution in [1.29, 1.82) is 0 Å². The van der Waals surface area contributed by atoms with E-state index in [4.69, 9.17) is 18.0 Å². The van der Waals surface area contributed by atoms with Crippen LogP contribution in [0, 0.1) is 12.3 Å². The van der Waals surface area contributed by atoms with Crippen molar-refractivity contribution in [3.05, 3.63) is 23.4 Å². The number of aromatic nitrogens is 1. The van der Waals surface area contributed by atoms with E-state index in [1.165, 1.54) is 19.3 Å². The van der Waals surface area contributed by atoms with Crippen LogP contribution in [0.3, 0.4) is 0 Å². The zero-order valence-electron chi connectivity index (χ0n) is 12.1. The van der Waals surface area contributed by atoms with E-state index in [1.807, 2.05) is 19.1 Å². The Morgan fingerprint density at radius 1 is 1.32 bits per heavy atom. The number of hydrogen-bond donors (Lipinski definition) is 1. The van der Waals surface area contributed by atoms with Gasteiger partial charge < -0.3 is 10.6 Å². The van der Waals surface area contributed by atoms with Crippen LogP contribution in [0.25, 0.3) is 0 Å². The highest BCUT2D eigenvalue weighted by atomic mass is 32.1. The second kappa shape index (κ2) is 5.45. The molecule has 0 radical (unpaired) electrons. The number of aryl methyl sites for hydroxylation is 1. The molecule has 0 aromatic carbocycles. The maximum Gasteiger partial charge on any atom is 0.129 e. The van der Waals surface area contributed by atoms with Crippen LogP contribution in [0.5, 0.6) is 0 Å². The third kappa shape index (κ3) is 3.66. The molecule has 1 aromatic rings. The van der Waals surface area contributed by atoms with Gasteiger partial charge in [0.15, 0.2) is 0 Å². The highest BCUT2D eigenvalue weighted by Crippen LogP contribution is 2.31. The molecular weight excluding hydrogens is 254 g/mol. The second-order valence-corrected chi connectivity index (χ2v) is 6.66. The summed E-state index contributed by atoms with van der Waals surface area (Å²) in [7, 11) is 0. The van der Waals surface area contributed by atoms with Crippen molar-refractivity contribution >= 4 is 23.0 Å². The third-order valence-electron chi connectivity index (χ3n) is 3.89. The molecule has 0 spiro atoms. The molecule has 1 aromatic heterocycles. The summed E-state index contributed by atoms with van der Waals surface area (Å²) < 4.78 is 0. The average Bonchev–Trinajstić information content (AvgIpc) is 2.49. The summed E-state index contributed by atoms with van der Waals surface area (Å²) in [5.74, 6) is 1.01. The Bertz CT molecular complexity index is 482. The fourth-order valence-corrected chi connectivity index (χ4v) is 2.73. The SMILES string of the molecule is Cc1cc(C(N)=S)cc(N2CCCC(C)(C)CC2)n1. The summed E-state index contributed by atoms with van der Waals surface area (Å²) >= 11 is 5.08. The van der Waals surface area contributed by atoms with E-state index in [-0.39, 0.29) is 0 Å². The predicted molar refractivity (Wildman–Crippen MR) is 84.7 cm³/mol. The van der Waals surface area contributed by atoms with E-state index in [1.54, 1.807) is 0 Å². The van der Waals surface area contributed by atoms with E-state index in [0.29, 0.717) is 10.4 Å². The van der Waals surface area contributed by atoms with Crippen LogP contribution >= 0.6 is 12.2 Å². The van der Waals surface area contributed by atoms with Crippen LogP contribution in [0.15, 0.2) is 12.1 Å². The normalized spacial score (nSPS) is 19.0. The van der Waals surface area contributed by atoms with Crippen molar-refractivity contribution in [2.45, 2.75) is 40.0 Å². The third-order valence-corrected chi connectivity index (χ3v) is 4.12. The summed E-state index contributed by atoms with van der Waals surface area (Å²) in [5, 5.41) is 0. The number of nitrogens with zero attached hydrogens (tertiary/aromatic N) is 2. The van der Waals surface area contributed by atoms with E-state index in [2.05, 4.69) is 23.7 Å². The van der Waals surface area contributed by atoms with Gasteiger partial charge in [-0.3, -0.25) is 0 Å². The first-order valence-corrected chi connectivity index (χ1v) is 7.32. The summed E-state index contributed by atoms with van der Waals surface area (Å²) in [4.78, 5) is 7.45. The Kier molecular flexibility index (Phi) is 4.09. The molecule has 4 heteroatoms. The monoisotopic (exact) mass is 277 g/mol. The molecular formula is C15H23N3S. The molecule has 0 saturated carbocycles. The minimum absolute atomic E-state index is 0.435. The number of pyridine rings is 1. The Labute approximate surface area is 121 Å². The molecule has 1 aliphatic rings. The first kappa shape index (κ1) is 14.3. The van der Waals surface area contributed by atoms with Gasteiger partial charge >= 0.3 is 0 Å². The zero-order valence-corrected chi connectivity index (χ0v) is 12.9. The van der Waals surface area contributed by atoms with Crippen molar-refractivity contribution in [2.24, 2.45) is 11.1 Å². The van der Waals surface area contributed by atoms with Crippen LogP contribution < -0.4 is 10.6 Å². The number of anilines is 1. The Morgan fingerprint density at radius 2 is 2.05 bits per heavy atom. The summed E-state index contributed by atoms with van der Waals surface area (Å²) in [6.45, 7) is 8.81. The molecule has 0 aliphatic carbocycles. The lowest BCUT2D eigenvalue weighted by atomic mass is 9.85. The molecule has 104 valence electrons. The minimum atomic E-state index is 0.435. The van der Waals surface area contributed by atoms with Crippen LogP contribution in [-0.2, 0) is 0 Å². The number of hydrogen-bond acceptors (Lipinski definition) is 3. The molecule has 19 heavy (non-hydrogen) atoms. The van der Waals surface area contributed by atoms with Crippen molar-refractivity contribution in [1.82, 2.24) is 4.98 Å². The maximum atomic E-state index is 5.74. The van der Waals surface area contributed by atoms with Crippen LogP contribution in [0.1, 0.15) is 44.4 Å². The van der Waals surface area contributed by atoms with E-state index < -0.39 is 0 Å². The number of thiocarbonyl (C=S) groups is 1. The largest absolute Gasteiger partial charge is 0.389 e. The lowest BCUT2D eigenvalue weighted by Gasteiger charge is -2.24. The molecule has 1 aliphatic heterocycles. The molecule has 1 saturated heterocycles. The quantitative estimate of drug-likeness (QED) is 0.844. The van der Waals surface area contributed by atoms with Crippen molar-refractivity contribution < 1.29 is 0 Å². The fraction of sp³-hybridized carbons (Fsp3) is 0.600. The highest BCUT2D eigenvalue weighted by Gasteiger charge is 2.23. The van der Waals surface area contributed by atoms with Gasteiger partial charge in [0.05, 0.1) is 0 Å². The summed E-state index contributed by atoms with van der Waals surface area (Å²) in [6.07, 6.45) is 3.69. The second-order valence-electron chi connectivity index (χ2n) is 6.22. The van der Waals surface area contributed by atoms with Gasteiger partial charge in [0.2, 0.25) is 0 Å². The fourth-order valence-electron chi connectivity index (χ4n) is 2.61. The molecule has 2 heterocycles. The first-order valence-electron chi connectivity index (χ1n) is 6.91. The minimum Gasteiger partial charge on any atom is -0.389 e. The maximum absolute atomic E-state index is 5.74. The first-order chi connectivity index (χ1) is 8.87. The van der Waals surface area contributed by atoms with Gasteiger partial charge in [-0.2, -0.15) is 0 Å². The van der Waals surface area contributed by atoms with E-state index in [0.717, 1.165) is 30.2 Å². The molecule has 0 atom stereocenters. The van der Waals surface area contributed by atoms with E-state index in [9.17, 15) is 0 Å². The molecule has 1 fully saturated rings. The molecule has 3 nitrogen and oxygen atoms in total. The topological polar surface area (TPSA) is 42.1 Å². The molecule has 2 N–H and O–H groups in total. The predicted octanol–water partition coefficient (Wildman–Crippen LogP) is 3.04. The summed E-state index contributed by atoms with van der Waals surface area (Å²) in [5.41, 5.74) is 8.07. The molecule has 0 unspecified atom stereocenters. The Morgan fingerprint density at radius 3 is 2.74 bits per heavy atom. The zero-order chi connectivity index (χ0) is 14.0. The van der Waals surface area contributed by atoms with Gasteiger partial charge in [-0.1, -0.05) is 26.1 Å². The smallest absolute Gasteiger partial charge is 0.129 e. The number of rotatable bonds is 2. The van der Waals surface area contributed by atoms with Gasteiger partial charge in [-0.05, 0) is 43.7 Å². The van der Waals surface area contributed by atoms with Gasteiger partial charge in [-0.25, -0.2) is 4.98 Å². The standard InChI is InChI=1S/C15H23N3S/c1-11-9-12(14(16)19)10-13(17-11)18-7-4-5-15(2,3)6-8-18/h9-10H,4-8H2,1-3H3,(H2,16,19). The van der Waals surface area contributed by atoms with Crippen LogP contribution in [0.4, 0.5) is 5.82 Å². The molecule has 0 amide bonds. The van der Waals surface area contributed by atoms with Crippen LogP contribution in [-0.4, -0.2) is 23.1 Å². The van der Waals surface area contributed by atoms with Crippen LogP contribution in [0.2, 0.25) is 0 Å². The summed E-state index contributed by atoms with van der Waals surface area (Å²) in [6, 6.07) is 3.97. The Hall–Kier alpha value is -1.16. The van der Waals surface area contributed by atoms with E-state index >= 15 is 0 Å². The lowest BCUT2D eigenvalue weighted by Crippen LogP contribution is -2.26. The average molecular weight is 277 g/mol. The van der Waals surface area contributed by atoms with Gasteiger partial charge in [0.25, 0.3) is 0 Å². The van der Waals surface area contributed by atoms with Crippen molar-refractivity contribution in [3.63, 3.8) is 0 Å². The lowest BCUT2D eigenvalue weighted by molar-refractivity contribution is 0.325. The van der Waals surface area contributed by atoms with Crippen molar-refractivity contribution in [2.75, 3.05) is 18.0 Å². The van der Waals surface area contributed by atoms with Gasteiger partial charge in [-0.15, -0.1) is 0 Å².